The molecule has 0 saturated carbocycles. The van der Waals surface area contributed by atoms with E-state index in [9.17, 15) is 21.6 Å². The minimum absolute atomic E-state index is 0.0116. The van der Waals surface area contributed by atoms with Gasteiger partial charge in [-0.3, -0.25) is 0 Å². The molecule has 3 aromatic carbocycles. The van der Waals surface area contributed by atoms with Crippen molar-refractivity contribution in [3.05, 3.63) is 84.4 Å². The Kier molecular flexibility index (Phi) is 4.27. The van der Waals surface area contributed by atoms with Gasteiger partial charge in [0.1, 0.15) is 4.90 Å². The standard InChI is InChI=1S/C21H14F3NO2S/c22-21(23,24)15-11-12-18-17(13-15)20(19(25-18)14-7-3-1-4-8-14)28(26,27)16-9-5-2-6-10-16/h1-13,25H. The molecule has 3 nitrogen and oxygen atoms in total. The quantitative estimate of drug-likeness (QED) is 0.480. The Hall–Kier alpha value is -3.06. The van der Waals surface area contributed by atoms with Crippen LogP contribution in [0.4, 0.5) is 13.2 Å². The molecule has 7 heteroatoms. The van der Waals surface area contributed by atoms with E-state index in [4.69, 9.17) is 0 Å². The number of sulfone groups is 1. The lowest BCUT2D eigenvalue weighted by atomic mass is 10.1. The molecule has 0 aliphatic rings. The Labute approximate surface area is 159 Å². The first-order chi connectivity index (χ1) is 13.3. The van der Waals surface area contributed by atoms with Crippen LogP contribution in [0.5, 0.6) is 0 Å². The van der Waals surface area contributed by atoms with Crippen LogP contribution in [0.2, 0.25) is 0 Å². The molecule has 0 aliphatic heterocycles. The number of H-pyrrole nitrogens is 1. The number of aromatic amines is 1. The molecular formula is C21H14F3NO2S. The van der Waals surface area contributed by atoms with Gasteiger partial charge >= 0.3 is 6.18 Å². The molecule has 1 N–H and O–H groups in total. The molecule has 0 amide bonds. The fraction of sp³-hybridized carbons (Fsp3) is 0.0476. The molecule has 0 radical (unpaired) electrons. The summed E-state index contributed by atoms with van der Waals surface area (Å²) < 4.78 is 66.4. The summed E-state index contributed by atoms with van der Waals surface area (Å²) in [6, 6.07) is 19.4. The lowest BCUT2D eigenvalue weighted by molar-refractivity contribution is -0.137. The first-order valence-corrected chi connectivity index (χ1v) is 9.85. The van der Waals surface area contributed by atoms with Crippen molar-refractivity contribution in [1.82, 2.24) is 4.98 Å². The van der Waals surface area contributed by atoms with Crippen molar-refractivity contribution < 1.29 is 21.6 Å². The van der Waals surface area contributed by atoms with E-state index in [1.54, 1.807) is 48.5 Å². The average molecular weight is 401 g/mol. The van der Waals surface area contributed by atoms with E-state index >= 15 is 0 Å². The molecule has 28 heavy (non-hydrogen) atoms. The van der Waals surface area contributed by atoms with Crippen LogP contribution in [0.1, 0.15) is 5.56 Å². The van der Waals surface area contributed by atoms with Crippen LogP contribution in [0.3, 0.4) is 0 Å². The van der Waals surface area contributed by atoms with Crippen LogP contribution in [-0.4, -0.2) is 13.4 Å². The maximum atomic E-state index is 13.4. The number of fused-ring (bicyclic) bond motifs is 1. The second-order valence-electron chi connectivity index (χ2n) is 6.27. The normalized spacial score (nSPS) is 12.4. The van der Waals surface area contributed by atoms with Gasteiger partial charge in [0.05, 0.1) is 16.2 Å². The monoisotopic (exact) mass is 401 g/mol. The molecule has 0 spiro atoms. The van der Waals surface area contributed by atoms with Crippen LogP contribution in [0, 0.1) is 0 Å². The lowest BCUT2D eigenvalue weighted by Gasteiger charge is -2.09. The van der Waals surface area contributed by atoms with Crippen molar-refractivity contribution in [2.75, 3.05) is 0 Å². The number of rotatable bonds is 3. The summed E-state index contributed by atoms with van der Waals surface area (Å²) in [5.74, 6) is 0. The Bertz CT molecular complexity index is 1250. The number of hydrogen-bond donors (Lipinski definition) is 1. The number of benzene rings is 3. The summed E-state index contributed by atoms with van der Waals surface area (Å²) in [7, 11) is -4.06. The van der Waals surface area contributed by atoms with Gasteiger partial charge in [-0.1, -0.05) is 48.5 Å². The molecule has 142 valence electrons. The Morgan fingerprint density at radius 1 is 0.786 bits per heavy atom. The van der Waals surface area contributed by atoms with E-state index in [2.05, 4.69) is 4.98 Å². The van der Waals surface area contributed by atoms with Crippen molar-refractivity contribution in [2.45, 2.75) is 16.0 Å². The third-order valence-electron chi connectivity index (χ3n) is 4.46. The predicted octanol–water partition coefficient (Wildman–Crippen LogP) is 5.69. The second kappa shape index (κ2) is 6.53. The molecule has 4 rings (SSSR count). The number of hydrogen-bond acceptors (Lipinski definition) is 2. The molecule has 0 aliphatic carbocycles. The van der Waals surface area contributed by atoms with Crippen LogP contribution >= 0.6 is 0 Å². The summed E-state index contributed by atoms with van der Waals surface area (Å²) >= 11 is 0. The van der Waals surface area contributed by atoms with Gasteiger partial charge in [0, 0.05) is 10.9 Å². The van der Waals surface area contributed by atoms with Gasteiger partial charge in [0.15, 0.2) is 0 Å². The summed E-state index contributed by atoms with van der Waals surface area (Å²) in [6.45, 7) is 0. The highest BCUT2D eigenvalue weighted by atomic mass is 32.2. The molecule has 1 heterocycles. The van der Waals surface area contributed by atoms with Gasteiger partial charge < -0.3 is 4.98 Å². The third-order valence-corrected chi connectivity index (χ3v) is 6.32. The lowest BCUT2D eigenvalue weighted by Crippen LogP contribution is -2.06. The maximum Gasteiger partial charge on any atom is 0.416 e. The highest BCUT2D eigenvalue weighted by Gasteiger charge is 2.33. The largest absolute Gasteiger partial charge is 0.416 e. The average Bonchev–Trinajstić information content (AvgIpc) is 3.08. The summed E-state index contributed by atoms with van der Waals surface area (Å²) in [4.78, 5) is 2.85. The van der Waals surface area contributed by atoms with E-state index in [1.807, 2.05) is 0 Å². The first-order valence-electron chi connectivity index (χ1n) is 8.37. The number of aromatic nitrogens is 1. The van der Waals surface area contributed by atoms with Crippen molar-refractivity contribution in [1.29, 1.82) is 0 Å². The first kappa shape index (κ1) is 18.3. The molecule has 4 aromatic rings. The Morgan fingerprint density at radius 3 is 2.00 bits per heavy atom. The summed E-state index contributed by atoms with van der Waals surface area (Å²) in [6.07, 6.45) is -4.58. The number of nitrogens with one attached hydrogen (secondary N) is 1. The smallest absolute Gasteiger partial charge is 0.353 e. The van der Waals surface area contributed by atoms with Crippen LogP contribution in [0.15, 0.2) is 88.7 Å². The molecule has 0 atom stereocenters. The van der Waals surface area contributed by atoms with E-state index in [1.165, 1.54) is 18.2 Å². The van der Waals surface area contributed by atoms with E-state index in [0.717, 1.165) is 12.1 Å². The second-order valence-corrected chi connectivity index (χ2v) is 8.16. The maximum absolute atomic E-state index is 13.4. The molecule has 1 aromatic heterocycles. The summed E-state index contributed by atoms with van der Waals surface area (Å²) in [5.41, 5.74) is 0.255. The van der Waals surface area contributed by atoms with Crippen molar-refractivity contribution in [3.63, 3.8) is 0 Å². The number of halogens is 3. The predicted molar refractivity (Wildman–Crippen MR) is 101 cm³/mol. The van der Waals surface area contributed by atoms with E-state index < -0.39 is 21.6 Å². The Balaban J connectivity index is 2.09. The molecule has 0 bridgehead atoms. The van der Waals surface area contributed by atoms with Gasteiger partial charge in [-0.05, 0) is 35.9 Å². The van der Waals surface area contributed by atoms with Crippen LogP contribution < -0.4 is 0 Å². The van der Waals surface area contributed by atoms with Crippen LogP contribution in [0.25, 0.3) is 22.2 Å². The minimum atomic E-state index is -4.58. The van der Waals surface area contributed by atoms with E-state index in [-0.39, 0.29) is 20.9 Å². The highest BCUT2D eigenvalue weighted by Crippen LogP contribution is 2.40. The van der Waals surface area contributed by atoms with Crippen molar-refractivity contribution in [2.24, 2.45) is 0 Å². The highest BCUT2D eigenvalue weighted by molar-refractivity contribution is 7.91. The van der Waals surface area contributed by atoms with Gasteiger partial charge in [-0.2, -0.15) is 13.2 Å². The SMILES string of the molecule is O=S(=O)(c1ccccc1)c1c(-c2ccccc2)[nH]c2ccc(C(F)(F)F)cc12. The van der Waals surface area contributed by atoms with Gasteiger partial charge in [0.25, 0.3) is 0 Å². The zero-order valence-corrected chi connectivity index (χ0v) is 15.2. The van der Waals surface area contributed by atoms with E-state index in [0.29, 0.717) is 11.1 Å². The third kappa shape index (κ3) is 3.07. The zero-order valence-electron chi connectivity index (χ0n) is 14.4. The van der Waals surface area contributed by atoms with Gasteiger partial charge in [-0.25, -0.2) is 8.42 Å². The zero-order chi connectivity index (χ0) is 19.9. The Morgan fingerprint density at radius 2 is 1.39 bits per heavy atom. The summed E-state index contributed by atoms with van der Waals surface area (Å²) in [5, 5.41) is 0.0116. The van der Waals surface area contributed by atoms with Crippen molar-refractivity contribution in [3.8, 4) is 11.3 Å². The fourth-order valence-corrected chi connectivity index (χ4v) is 4.80. The fourth-order valence-electron chi connectivity index (χ4n) is 3.15. The molecular weight excluding hydrogens is 387 g/mol. The van der Waals surface area contributed by atoms with Crippen molar-refractivity contribution >= 4 is 20.7 Å². The van der Waals surface area contributed by atoms with Crippen LogP contribution in [-0.2, 0) is 16.0 Å². The number of alkyl halides is 3. The van der Waals surface area contributed by atoms with Gasteiger partial charge in [0.2, 0.25) is 9.84 Å². The molecule has 0 fully saturated rings. The topological polar surface area (TPSA) is 49.9 Å². The molecule has 0 saturated heterocycles. The molecule has 0 unspecified atom stereocenters. The van der Waals surface area contributed by atoms with Gasteiger partial charge in [-0.15, -0.1) is 0 Å². The minimum Gasteiger partial charge on any atom is -0.353 e.